The quantitative estimate of drug-likeness (QED) is 0.808. The first-order chi connectivity index (χ1) is 8.81. The van der Waals surface area contributed by atoms with Gasteiger partial charge in [0, 0.05) is 16.2 Å². The number of thioether (sulfide) groups is 1. The first-order valence-corrected chi connectivity index (χ1v) is 7.13. The van der Waals surface area contributed by atoms with Crippen LogP contribution >= 0.6 is 11.8 Å². The standard InChI is InChI=1S/C16H19NS/c1-13(18-15-11-7-4-8-12-15)16(17-2)14-9-5-3-6-10-14/h3-13,16-17H,1-2H3. The van der Waals surface area contributed by atoms with E-state index in [9.17, 15) is 0 Å². The Kier molecular flexibility index (Phi) is 4.85. The van der Waals surface area contributed by atoms with Crippen molar-refractivity contribution in [2.45, 2.75) is 23.1 Å². The molecule has 0 radical (unpaired) electrons. The number of hydrogen-bond acceptors (Lipinski definition) is 2. The van der Waals surface area contributed by atoms with Crippen LogP contribution in [-0.2, 0) is 0 Å². The van der Waals surface area contributed by atoms with Gasteiger partial charge in [-0.15, -0.1) is 11.8 Å². The summed E-state index contributed by atoms with van der Waals surface area (Å²) in [5.74, 6) is 0. The fourth-order valence-electron chi connectivity index (χ4n) is 2.11. The molecule has 2 aromatic rings. The molecular weight excluding hydrogens is 238 g/mol. The van der Waals surface area contributed by atoms with Crippen LogP contribution in [0.2, 0.25) is 0 Å². The van der Waals surface area contributed by atoms with Crippen molar-refractivity contribution in [3.05, 3.63) is 66.2 Å². The van der Waals surface area contributed by atoms with Crippen molar-refractivity contribution in [3.63, 3.8) is 0 Å². The summed E-state index contributed by atoms with van der Waals surface area (Å²) >= 11 is 1.91. The van der Waals surface area contributed by atoms with Gasteiger partial charge in [-0.3, -0.25) is 0 Å². The maximum atomic E-state index is 3.42. The lowest BCUT2D eigenvalue weighted by Crippen LogP contribution is -2.25. The first kappa shape index (κ1) is 13.2. The largest absolute Gasteiger partial charge is 0.312 e. The minimum Gasteiger partial charge on any atom is -0.312 e. The minimum absolute atomic E-state index is 0.372. The highest BCUT2D eigenvalue weighted by atomic mass is 32.2. The molecule has 0 saturated heterocycles. The molecule has 0 aliphatic rings. The van der Waals surface area contributed by atoms with Crippen LogP contribution in [0, 0.1) is 0 Å². The summed E-state index contributed by atoms with van der Waals surface area (Å²) in [4.78, 5) is 1.32. The Morgan fingerprint density at radius 3 is 2.00 bits per heavy atom. The van der Waals surface area contributed by atoms with E-state index >= 15 is 0 Å². The minimum atomic E-state index is 0.372. The molecule has 0 saturated carbocycles. The normalized spacial score (nSPS) is 14.1. The van der Waals surface area contributed by atoms with E-state index in [1.807, 2.05) is 18.8 Å². The Morgan fingerprint density at radius 2 is 1.44 bits per heavy atom. The molecule has 0 spiro atoms. The highest BCUT2D eigenvalue weighted by Gasteiger charge is 2.18. The molecule has 1 N–H and O–H groups in total. The molecule has 94 valence electrons. The summed E-state index contributed by atoms with van der Waals surface area (Å²) < 4.78 is 0. The van der Waals surface area contributed by atoms with Gasteiger partial charge in [0.1, 0.15) is 0 Å². The molecule has 0 amide bonds. The predicted octanol–water partition coefficient (Wildman–Crippen LogP) is 4.13. The lowest BCUT2D eigenvalue weighted by atomic mass is 10.0. The topological polar surface area (TPSA) is 12.0 Å². The van der Waals surface area contributed by atoms with Gasteiger partial charge >= 0.3 is 0 Å². The molecule has 0 bridgehead atoms. The molecule has 0 aliphatic carbocycles. The van der Waals surface area contributed by atoms with Gasteiger partial charge in [-0.1, -0.05) is 55.5 Å². The summed E-state index contributed by atoms with van der Waals surface area (Å²) in [5.41, 5.74) is 1.34. The van der Waals surface area contributed by atoms with E-state index in [4.69, 9.17) is 0 Å². The SMILES string of the molecule is CNC(c1ccccc1)C(C)Sc1ccccc1. The summed E-state index contributed by atoms with van der Waals surface area (Å²) in [5, 5.41) is 3.90. The number of benzene rings is 2. The van der Waals surface area contributed by atoms with Crippen LogP contribution in [-0.4, -0.2) is 12.3 Å². The molecular formula is C16H19NS. The van der Waals surface area contributed by atoms with E-state index in [1.54, 1.807) is 0 Å². The molecule has 1 nitrogen and oxygen atoms in total. The second kappa shape index (κ2) is 6.62. The molecule has 0 aliphatic heterocycles. The molecule has 0 aromatic heterocycles. The summed E-state index contributed by atoms with van der Waals surface area (Å²) in [6.07, 6.45) is 0. The average molecular weight is 257 g/mol. The van der Waals surface area contributed by atoms with E-state index in [2.05, 4.69) is 72.9 Å². The molecule has 2 rings (SSSR count). The molecule has 0 heterocycles. The Balaban J connectivity index is 2.09. The molecule has 0 fully saturated rings. The Bertz CT molecular complexity index is 455. The van der Waals surface area contributed by atoms with Crippen LogP contribution in [0.4, 0.5) is 0 Å². The van der Waals surface area contributed by atoms with Crippen LogP contribution in [0.15, 0.2) is 65.6 Å². The third kappa shape index (κ3) is 3.37. The Labute approximate surface area is 114 Å². The maximum Gasteiger partial charge on any atom is 0.0438 e. The zero-order chi connectivity index (χ0) is 12.8. The van der Waals surface area contributed by atoms with Gasteiger partial charge in [0.25, 0.3) is 0 Å². The Hall–Kier alpha value is -1.25. The monoisotopic (exact) mass is 257 g/mol. The van der Waals surface area contributed by atoms with Crippen LogP contribution in [0.3, 0.4) is 0 Å². The third-order valence-corrected chi connectivity index (χ3v) is 4.19. The van der Waals surface area contributed by atoms with Gasteiger partial charge in [0.15, 0.2) is 0 Å². The fourth-order valence-corrected chi connectivity index (χ4v) is 3.29. The summed E-state index contributed by atoms with van der Waals surface area (Å²) in [6, 6.07) is 21.6. The lowest BCUT2D eigenvalue weighted by Gasteiger charge is -2.23. The smallest absolute Gasteiger partial charge is 0.0438 e. The fraction of sp³-hybridized carbons (Fsp3) is 0.250. The van der Waals surface area contributed by atoms with E-state index in [0.717, 1.165) is 0 Å². The molecule has 2 heteroatoms. The van der Waals surface area contributed by atoms with Gasteiger partial charge in [0.05, 0.1) is 0 Å². The van der Waals surface area contributed by atoms with Crippen LogP contribution in [0.25, 0.3) is 0 Å². The number of hydrogen-bond donors (Lipinski definition) is 1. The summed E-state index contributed by atoms with van der Waals surface area (Å²) in [7, 11) is 2.03. The highest BCUT2D eigenvalue weighted by molar-refractivity contribution is 8.00. The van der Waals surface area contributed by atoms with Gasteiger partial charge in [-0.25, -0.2) is 0 Å². The predicted molar refractivity (Wildman–Crippen MR) is 80.0 cm³/mol. The van der Waals surface area contributed by atoms with Crippen LogP contribution in [0.1, 0.15) is 18.5 Å². The molecule has 2 aromatic carbocycles. The van der Waals surface area contributed by atoms with E-state index < -0.39 is 0 Å². The third-order valence-electron chi connectivity index (χ3n) is 3.00. The van der Waals surface area contributed by atoms with Gasteiger partial charge in [-0.05, 0) is 24.7 Å². The van der Waals surface area contributed by atoms with Gasteiger partial charge in [-0.2, -0.15) is 0 Å². The lowest BCUT2D eigenvalue weighted by molar-refractivity contribution is 0.589. The maximum absolute atomic E-state index is 3.42. The van der Waals surface area contributed by atoms with Crippen molar-refractivity contribution < 1.29 is 0 Å². The van der Waals surface area contributed by atoms with Crippen LogP contribution in [0.5, 0.6) is 0 Å². The Morgan fingerprint density at radius 1 is 0.889 bits per heavy atom. The van der Waals surface area contributed by atoms with E-state index in [1.165, 1.54) is 10.5 Å². The zero-order valence-corrected chi connectivity index (χ0v) is 11.7. The number of rotatable bonds is 5. The van der Waals surface area contributed by atoms with Crippen molar-refractivity contribution >= 4 is 11.8 Å². The van der Waals surface area contributed by atoms with Gasteiger partial charge < -0.3 is 5.32 Å². The first-order valence-electron chi connectivity index (χ1n) is 6.25. The molecule has 2 atom stereocenters. The molecule has 2 unspecified atom stereocenters. The number of nitrogens with one attached hydrogen (secondary N) is 1. The van der Waals surface area contributed by atoms with E-state index in [-0.39, 0.29) is 0 Å². The van der Waals surface area contributed by atoms with Crippen molar-refractivity contribution in [2.75, 3.05) is 7.05 Å². The van der Waals surface area contributed by atoms with Crippen molar-refractivity contribution in [2.24, 2.45) is 0 Å². The van der Waals surface area contributed by atoms with Crippen molar-refractivity contribution in [1.82, 2.24) is 5.32 Å². The van der Waals surface area contributed by atoms with Crippen LogP contribution < -0.4 is 5.32 Å². The summed E-state index contributed by atoms with van der Waals surface area (Å²) in [6.45, 7) is 2.27. The van der Waals surface area contributed by atoms with Crippen molar-refractivity contribution in [3.8, 4) is 0 Å². The van der Waals surface area contributed by atoms with Gasteiger partial charge in [0.2, 0.25) is 0 Å². The highest BCUT2D eigenvalue weighted by Crippen LogP contribution is 2.31. The average Bonchev–Trinajstić information content (AvgIpc) is 2.42. The zero-order valence-electron chi connectivity index (χ0n) is 10.8. The van der Waals surface area contributed by atoms with E-state index in [0.29, 0.717) is 11.3 Å². The molecule has 18 heavy (non-hydrogen) atoms. The van der Waals surface area contributed by atoms with Crippen molar-refractivity contribution in [1.29, 1.82) is 0 Å². The second-order valence-corrected chi connectivity index (χ2v) is 5.76. The second-order valence-electron chi connectivity index (χ2n) is 4.31.